The van der Waals surface area contributed by atoms with Crippen molar-refractivity contribution in [2.24, 2.45) is 0 Å². The second kappa shape index (κ2) is 4.45. The third kappa shape index (κ3) is 2.12. The molecule has 0 bridgehead atoms. The van der Waals surface area contributed by atoms with Crippen LogP contribution in [-0.2, 0) is 6.54 Å². The summed E-state index contributed by atoms with van der Waals surface area (Å²) in [5, 5.41) is 14.2. The molecule has 16 heavy (non-hydrogen) atoms. The lowest BCUT2D eigenvalue weighted by Gasteiger charge is -2.07. The first kappa shape index (κ1) is 10.8. The zero-order chi connectivity index (χ0) is 11.5. The van der Waals surface area contributed by atoms with E-state index in [1.165, 1.54) is 0 Å². The van der Waals surface area contributed by atoms with Crippen LogP contribution in [0.25, 0.3) is 0 Å². The molecule has 2 aromatic rings. The van der Waals surface area contributed by atoms with Gasteiger partial charge in [-0.05, 0) is 26.0 Å². The summed E-state index contributed by atoms with van der Waals surface area (Å²) in [4.78, 5) is 4.30. The fourth-order valence-electron chi connectivity index (χ4n) is 1.58. The van der Waals surface area contributed by atoms with Crippen LogP contribution < -0.4 is 0 Å². The van der Waals surface area contributed by atoms with Gasteiger partial charge in [0.15, 0.2) is 0 Å². The van der Waals surface area contributed by atoms with Gasteiger partial charge in [0.05, 0.1) is 11.9 Å². The largest absolute Gasteiger partial charge is 0.382 e. The fraction of sp³-hybridized carbons (Fsp3) is 0.333. The minimum absolute atomic E-state index is 0.663. The molecule has 0 aliphatic carbocycles. The third-order valence-electron chi connectivity index (χ3n) is 2.48. The summed E-state index contributed by atoms with van der Waals surface area (Å²) in [5.41, 5.74) is 2.34. The quantitative estimate of drug-likeness (QED) is 0.851. The van der Waals surface area contributed by atoms with E-state index in [9.17, 15) is 5.11 Å². The Balaban J connectivity index is 2.27. The SMILES string of the molecule is CCn1cc(C(O)c2cccc(C)n2)cn1. The van der Waals surface area contributed by atoms with E-state index in [-0.39, 0.29) is 0 Å². The zero-order valence-electron chi connectivity index (χ0n) is 9.46. The van der Waals surface area contributed by atoms with Crippen molar-refractivity contribution >= 4 is 0 Å². The van der Waals surface area contributed by atoms with Gasteiger partial charge in [-0.3, -0.25) is 9.67 Å². The van der Waals surface area contributed by atoms with Crippen LogP contribution in [0.2, 0.25) is 0 Å². The number of hydrogen-bond acceptors (Lipinski definition) is 3. The lowest BCUT2D eigenvalue weighted by Crippen LogP contribution is -2.02. The zero-order valence-corrected chi connectivity index (χ0v) is 9.46. The summed E-state index contributed by atoms with van der Waals surface area (Å²) in [7, 11) is 0. The topological polar surface area (TPSA) is 50.9 Å². The highest BCUT2D eigenvalue weighted by Crippen LogP contribution is 2.19. The molecule has 4 heteroatoms. The van der Waals surface area contributed by atoms with Crippen molar-refractivity contribution < 1.29 is 5.11 Å². The highest BCUT2D eigenvalue weighted by Gasteiger charge is 2.13. The fourth-order valence-corrected chi connectivity index (χ4v) is 1.58. The van der Waals surface area contributed by atoms with Gasteiger partial charge in [0.25, 0.3) is 0 Å². The molecular weight excluding hydrogens is 202 g/mol. The van der Waals surface area contributed by atoms with Crippen molar-refractivity contribution in [1.29, 1.82) is 0 Å². The first-order chi connectivity index (χ1) is 7.70. The predicted octanol–water partition coefficient (Wildman–Crippen LogP) is 1.69. The normalized spacial score (nSPS) is 12.7. The standard InChI is InChI=1S/C12H15N3O/c1-3-15-8-10(7-13-15)12(16)11-6-4-5-9(2)14-11/h4-8,12,16H,3H2,1-2H3. The highest BCUT2D eigenvalue weighted by molar-refractivity contribution is 5.22. The first-order valence-electron chi connectivity index (χ1n) is 5.34. The van der Waals surface area contributed by atoms with Gasteiger partial charge in [-0.25, -0.2) is 0 Å². The van der Waals surface area contributed by atoms with Crippen molar-refractivity contribution in [2.75, 3.05) is 0 Å². The van der Waals surface area contributed by atoms with Gasteiger partial charge in [0.2, 0.25) is 0 Å². The minimum Gasteiger partial charge on any atom is -0.382 e. The van der Waals surface area contributed by atoms with Gasteiger partial charge in [0, 0.05) is 24.0 Å². The van der Waals surface area contributed by atoms with E-state index in [0.29, 0.717) is 5.69 Å². The second-order valence-electron chi connectivity index (χ2n) is 3.74. The number of pyridine rings is 1. The summed E-state index contributed by atoms with van der Waals surface area (Å²) in [6, 6.07) is 5.62. The Labute approximate surface area is 94.6 Å². The van der Waals surface area contributed by atoms with Crippen LogP contribution >= 0.6 is 0 Å². The molecule has 0 aliphatic rings. The molecule has 0 saturated carbocycles. The monoisotopic (exact) mass is 217 g/mol. The average molecular weight is 217 g/mol. The average Bonchev–Trinajstić information content (AvgIpc) is 2.76. The van der Waals surface area contributed by atoms with Crippen LogP contribution in [0.5, 0.6) is 0 Å². The Morgan fingerprint density at radius 3 is 2.88 bits per heavy atom. The molecule has 2 heterocycles. The van der Waals surface area contributed by atoms with Crippen LogP contribution in [0.4, 0.5) is 0 Å². The van der Waals surface area contributed by atoms with E-state index in [1.54, 1.807) is 10.9 Å². The van der Waals surface area contributed by atoms with Crippen molar-refractivity contribution in [3.05, 3.63) is 47.5 Å². The van der Waals surface area contributed by atoms with Crippen LogP contribution in [0, 0.1) is 6.92 Å². The molecule has 1 N–H and O–H groups in total. The maximum absolute atomic E-state index is 10.1. The number of rotatable bonds is 3. The molecule has 0 amide bonds. The number of aromatic nitrogens is 3. The summed E-state index contributed by atoms with van der Waals surface area (Å²) >= 11 is 0. The van der Waals surface area contributed by atoms with E-state index in [4.69, 9.17) is 0 Å². The van der Waals surface area contributed by atoms with Gasteiger partial charge >= 0.3 is 0 Å². The van der Waals surface area contributed by atoms with E-state index in [2.05, 4.69) is 10.1 Å². The minimum atomic E-state index is -0.694. The van der Waals surface area contributed by atoms with Crippen LogP contribution in [0.3, 0.4) is 0 Å². The maximum Gasteiger partial charge on any atom is 0.124 e. The molecule has 1 unspecified atom stereocenters. The summed E-state index contributed by atoms with van der Waals surface area (Å²) in [5.74, 6) is 0. The summed E-state index contributed by atoms with van der Waals surface area (Å²) in [6.07, 6.45) is 2.83. The van der Waals surface area contributed by atoms with E-state index >= 15 is 0 Å². The van der Waals surface area contributed by atoms with E-state index < -0.39 is 6.10 Å². The molecular formula is C12H15N3O. The number of aliphatic hydroxyl groups is 1. The molecule has 4 nitrogen and oxygen atoms in total. The number of aryl methyl sites for hydroxylation is 2. The highest BCUT2D eigenvalue weighted by atomic mass is 16.3. The Hall–Kier alpha value is -1.68. The van der Waals surface area contributed by atoms with Gasteiger partial charge < -0.3 is 5.11 Å². The Morgan fingerprint density at radius 1 is 1.44 bits per heavy atom. The van der Waals surface area contributed by atoms with Crippen molar-refractivity contribution in [3.8, 4) is 0 Å². The van der Waals surface area contributed by atoms with E-state index in [0.717, 1.165) is 17.8 Å². The molecule has 84 valence electrons. The number of aliphatic hydroxyl groups excluding tert-OH is 1. The summed E-state index contributed by atoms with van der Waals surface area (Å²) in [6.45, 7) is 4.72. The molecule has 0 radical (unpaired) electrons. The molecule has 0 spiro atoms. The van der Waals surface area contributed by atoms with Crippen LogP contribution in [0.1, 0.15) is 30.0 Å². The lowest BCUT2D eigenvalue weighted by molar-refractivity contribution is 0.215. The lowest BCUT2D eigenvalue weighted by atomic mass is 10.1. The molecule has 0 fully saturated rings. The molecule has 2 rings (SSSR count). The molecule has 2 aromatic heterocycles. The Kier molecular flexibility index (Phi) is 3.01. The predicted molar refractivity (Wildman–Crippen MR) is 60.9 cm³/mol. The molecule has 1 atom stereocenters. The maximum atomic E-state index is 10.1. The van der Waals surface area contributed by atoms with Gasteiger partial charge in [-0.15, -0.1) is 0 Å². The summed E-state index contributed by atoms with van der Waals surface area (Å²) < 4.78 is 1.79. The Morgan fingerprint density at radius 2 is 2.25 bits per heavy atom. The van der Waals surface area contributed by atoms with E-state index in [1.807, 2.05) is 38.2 Å². The molecule has 0 saturated heterocycles. The third-order valence-corrected chi connectivity index (χ3v) is 2.48. The van der Waals surface area contributed by atoms with Gasteiger partial charge in [-0.2, -0.15) is 5.10 Å². The molecule has 0 aromatic carbocycles. The number of nitrogens with zero attached hydrogens (tertiary/aromatic N) is 3. The second-order valence-corrected chi connectivity index (χ2v) is 3.74. The Bertz CT molecular complexity index is 479. The smallest absolute Gasteiger partial charge is 0.124 e. The van der Waals surface area contributed by atoms with Crippen LogP contribution in [-0.4, -0.2) is 19.9 Å². The van der Waals surface area contributed by atoms with Crippen molar-refractivity contribution in [1.82, 2.24) is 14.8 Å². The first-order valence-corrected chi connectivity index (χ1v) is 5.34. The van der Waals surface area contributed by atoms with Crippen molar-refractivity contribution in [3.63, 3.8) is 0 Å². The van der Waals surface area contributed by atoms with Gasteiger partial charge in [-0.1, -0.05) is 6.07 Å². The number of hydrogen-bond donors (Lipinski definition) is 1. The molecule has 0 aliphatic heterocycles. The van der Waals surface area contributed by atoms with Gasteiger partial charge in [0.1, 0.15) is 6.10 Å². The van der Waals surface area contributed by atoms with Crippen molar-refractivity contribution in [2.45, 2.75) is 26.5 Å². The van der Waals surface area contributed by atoms with Crippen LogP contribution in [0.15, 0.2) is 30.6 Å².